The van der Waals surface area contributed by atoms with Crippen LogP contribution in [0.3, 0.4) is 0 Å². The van der Waals surface area contributed by atoms with E-state index >= 15 is 0 Å². The number of fused-ring (bicyclic) bond motifs is 1. The highest BCUT2D eigenvalue weighted by Gasteiger charge is 2.58. The molecule has 1 N–H and O–H groups in total. The van der Waals surface area contributed by atoms with E-state index in [1.54, 1.807) is 0 Å². The Morgan fingerprint density at radius 3 is 2.67 bits per heavy atom. The van der Waals surface area contributed by atoms with Crippen LogP contribution in [0.15, 0.2) is 30.3 Å². The van der Waals surface area contributed by atoms with Crippen LogP contribution in [-0.4, -0.2) is 11.7 Å². The summed E-state index contributed by atoms with van der Waals surface area (Å²) < 4.78 is 0. The van der Waals surface area contributed by atoms with Crippen molar-refractivity contribution in [2.45, 2.75) is 32.2 Å². The van der Waals surface area contributed by atoms with E-state index < -0.39 is 0 Å². The molecule has 0 aromatic heterocycles. The molecule has 0 unspecified atom stereocenters. The number of ketones is 1. The van der Waals surface area contributed by atoms with E-state index in [0.717, 1.165) is 24.8 Å². The molecule has 0 radical (unpaired) electrons. The molecule has 2 aliphatic rings. The van der Waals surface area contributed by atoms with Gasteiger partial charge < -0.3 is 5.32 Å². The molecule has 0 spiro atoms. The van der Waals surface area contributed by atoms with Crippen molar-refractivity contribution in [2.24, 2.45) is 11.3 Å². The van der Waals surface area contributed by atoms with Gasteiger partial charge in [-0.3, -0.25) is 9.59 Å². The second-order valence-electron chi connectivity index (χ2n) is 5.38. The zero-order chi connectivity index (χ0) is 12.6. The maximum Gasteiger partial charge on any atom is 0.227 e. The van der Waals surface area contributed by atoms with Crippen LogP contribution in [-0.2, 0) is 16.1 Å². The van der Waals surface area contributed by atoms with Crippen molar-refractivity contribution in [1.82, 2.24) is 5.32 Å². The van der Waals surface area contributed by atoms with Crippen molar-refractivity contribution in [2.75, 3.05) is 0 Å². The van der Waals surface area contributed by atoms with E-state index in [4.69, 9.17) is 0 Å². The molecular weight excluding hydrogens is 226 g/mol. The minimum absolute atomic E-state index is 0.00766. The monoisotopic (exact) mass is 243 g/mol. The summed E-state index contributed by atoms with van der Waals surface area (Å²) in [6.07, 6.45) is 3.11. The van der Waals surface area contributed by atoms with Gasteiger partial charge in [-0.25, -0.2) is 0 Å². The number of carbonyl (C=O) groups is 2. The van der Waals surface area contributed by atoms with Crippen LogP contribution in [0.1, 0.15) is 31.2 Å². The average molecular weight is 243 g/mol. The fraction of sp³-hybridized carbons (Fsp3) is 0.467. The lowest BCUT2D eigenvalue weighted by molar-refractivity contribution is -0.144. The Labute approximate surface area is 107 Å². The first-order valence-electron chi connectivity index (χ1n) is 6.57. The van der Waals surface area contributed by atoms with Crippen molar-refractivity contribution < 1.29 is 9.59 Å². The van der Waals surface area contributed by atoms with E-state index in [1.807, 2.05) is 30.3 Å². The molecule has 3 nitrogen and oxygen atoms in total. The normalized spacial score (nSPS) is 29.6. The van der Waals surface area contributed by atoms with Gasteiger partial charge in [0.05, 0.1) is 5.41 Å². The summed E-state index contributed by atoms with van der Waals surface area (Å²) in [5.41, 5.74) is 0.744. The summed E-state index contributed by atoms with van der Waals surface area (Å²) in [5, 5.41) is 2.99. The molecule has 2 atom stereocenters. The predicted octanol–water partition coefficient (Wildman–Crippen LogP) is 2.06. The van der Waals surface area contributed by atoms with Crippen LogP contribution in [0.5, 0.6) is 0 Å². The molecule has 94 valence electrons. The summed E-state index contributed by atoms with van der Waals surface area (Å²) in [5.74, 6) is 0.373. The molecule has 1 aromatic rings. The number of Topliss-reactive ketones (excluding diaryl/α,β-unsaturated/α-hetero) is 1. The van der Waals surface area contributed by atoms with E-state index in [-0.39, 0.29) is 23.0 Å². The van der Waals surface area contributed by atoms with Gasteiger partial charge in [0.1, 0.15) is 5.78 Å². The lowest BCUT2D eigenvalue weighted by Crippen LogP contribution is -2.50. The van der Waals surface area contributed by atoms with E-state index in [1.165, 1.54) is 0 Å². The van der Waals surface area contributed by atoms with Crippen molar-refractivity contribution in [3.05, 3.63) is 35.9 Å². The molecule has 2 fully saturated rings. The highest BCUT2D eigenvalue weighted by atomic mass is 16.2. The quantitative estimate of drug-likeness (QED) is 0.883. The van der Waals surface area contributed by atoms with Crippen LogP contribution in [0, 0.1) is 11.3 Å². The summed E-state index contributed by atoms with van der Waals surface area (Å²) in [6.45, 7) is 0.558. The predicted molar refractivity (Wildman–Crippen MR) is 67.7 cm³/mol. The molecule has 0 bridgehead atoms. The standard InChI is InChI=1S/C15H17NO2/c17-13-7-9-15(8-6-12(13)15)14(18)16-10-11-4-2-1-3-5-11/h1-5,12H,6-10H2,(H,16,18)/t12-,15-/m1/s1. The number of rotatable bonds is 3. The summed E-state index contributed by atoms with van der Waals surface area (Å²) >= 11 is 0. The first-order valence-corrected chi connectivity index (χ1v) is 6.57. The van der Waals surface area contributed by atoms with Crippen LogP contribution in [0.25, 0.3) is 0 Å². The molecular formula is C15H17NO2. The summed E-state index contributed by atoms with van der Waals surface area (Å²) in [6, 6.07) is 9.88. The summed E-state index contributed by atoms with van der Waals surface area (Å²) in [7, 11) is 0. The Hall–Kier alpha value is -1.64. The van der Waals surface area contributed by atoms with Gasteiger partial charge in [-0.15, -0.1) is 0 Å². The maximum absolute atomic E-state index is 12.3. The third-order valence-electron chi connectivity index (χ3n) is 4.50. The fourth-order valence-electron chi connectivity index (χ4n) is 3.27. The zero-order valence-electron chi connectivity index (χ0n) is 10.3. The molecule has 0 aliphatic heterocycles. The van der Waals surface area contributed by atoms with Crippen molar-refractivity contribution >= 4 is 11.7 Å². The Morgan fingerprint density at radius 1 is 1.28 bits per heavy atom. The van der Waals surface area contributed by atoms with Gasteiger partial charge >= 0.3 is 0 Å². The van der Waals surface area contributed by atoms with Crippen LogP contribution in [0.2, 0.25) is 0 Å². The van der Waals surface area contributed by atoms with Gasteiger partial charge in [0.2, 0.25) is 5.91 Å². The number of hydrogen-bond donors (Lipinski definition) is 1. The SMILES string of the molecule is O=C1CC[C@]2(C(=O)NCc3ccccc3)CC[C@H]12. The highest BCUT2D eigenvalue weighted by molar-refractivity contribution is 5.96. The Balaban J connectivity index is 1.64. The maximum atomic E-state index is 12.3. The smallest absolute Gasteiger partial charge is 0.227 e. The molecule has 2 aliphatic carbocycles. The second-order valence-corrected chi connectivity index (χ2v) is 5.38. The van der Waals surface area contributed by atoms with E-state index in [2.05, 4.69) is 5.32 Å². The van der Waals surface area contributed by atoms with E-state index in [9.17, 15) is 9.59 Å². The number of benzene rings is 1. The lowest BCUT2D eigenvalue weighted by Gasteiger charge is -2.42. The molecule has 2 saturated carbocycles. The third-order valence-corrected chi connectivity index (χ3v) is 4.50. The number of hydrogen-bond acceptors (Lipinski definition) is 2. The van der Waals surface area contributed by atoms with Crippen LogP contribution in [0.4, 0.5) is 0 Å². The molecule has 18 heavy (non-hydrogen) atoms. The molecule has 0 saturated heterocycles. The van der Waals surface area contributed by atoms with E-state index in [0.29, 0.717) is 13.0 Å². The van der Waals surface area contributed by atoms with Gasteiger partial charge in [-0.1, -0.05) is 30.3 Å². The molecule has 0 heterocycles. The van der Waals surface area contributed by atoms with Gasteiger partial charge in [0.25, 0.3) is 0 Å². The zero-order valence-corrected chi connectivity index (χ0v) is 10.3. The largest absolute Gasteiger partial charge is 0.352 e. The molecule has 3 rings (SSSR count). The molecule has 1 aromatic carbocycles. The minimum atomic E-state index is -0.355. The Bertz CT molecular complexity index is 483. The topological polar surface area (TPSA) is 46.2 Å². The average Bonchev–Trinajstić information content (AvgIpc) is 2.58. The fourth-order valence-corrected chi connectivity index (χ4v) is 3.27. The molecule has 1 amide bonds. The Morgan fingerprint density at radius 2 is 2.06 bits per heavy atom. The van der Waals surface area contributed by atoms with Gasteiger partial charge in [0.15, 0.2) is 0 Å². The van der Waals surface area contributed by atoms with Gasteiger partial charge in [-0.2, -0.15) is 0 Å². The van der Waals surface area contributed by atoms with Crippen molar-refractivity contribution in [1.29, 1.82) is 0 Å². The van der Waals surface area contributed by atoms with Gasteiger partial charge in [-0.05, 0) is 24.8 Å². The Kier molecular flexibility index (Phi) is 2.69. The first-order chi connectivity index (χ1) is 8.72. The number of amides is 1. The summed E-state index contributed by atoms with van der Waals surface area (Å²) in [4.78, 5) is 23.9. The van der Waals surface area contributed by atoms with Gasteiger partial charge in [0, 0.05) is 18.9 Å². The van der Waals surface area contributed by atoms with Crippen molar-refractivity contribution in [3.63, 3.8) is 0 Å². The number of nitrogens with one attached hydrogen (secondary N) is 1. The lowest BCUT2D eigenvalue weighted by atomic mass is 9.61. The second kappa shape index (κ2) is 4.23. The van der Waals surface area contributed by atoms with Crippen molar-refractivity contribution in [3.8, 4) is 0 Å². The number of carbonyl (C=O) groups excluding carboxylic acids is 2. The first kappa shape index (κ1) is 11.5. The minimum Gasteiger partial charge on any atom is -0.352 e. The van der Waals surface area contributed by atoms with Crippen LogP contribution >= 0.6 is 0 Å². The highest BCUT2D eigenvalue weighted by Crippen LogP contribution is 2.55. The third kappa shape index (κ3) is 1.65. The molecule has 3 heteroatoms. The van der Waals surface area contributed by atoms with Crippen LogP contribution < -0.4 is 5.32 Å².